The average Bonchev–Trinajstić information content (AvgIpc) is 3.39. The second-order valence-electron chi connectivity index (χ2n) is 11.0. The molecule has 4 rings (SSSR count). The molecule has 1 amide bonds. The van der Waals surface area contributed by atoms with Crippen molar-refractivity contribution in [3.8, 4) is 0 Å². The maximum Gasteiger partial charge on any atom is 0.246 e. The van der Waals surface area contributed by atoms with E-state index in [9.17, 15) is 18.3 Å². The molecule has 1 saturated carbocycles. The smallest absolute Gasteiger partial charge is 0.246 e. The van der Waals surface area contributed by atoms with Crippen LogP contribution in [0.2, 0.25) is 0 Å². The van der Waals surface area contributed by atoms with E-state index < -0.39 is 25.9 Å². The molecule has 0 radical (unpaired) electrons. The fraction of sp³-hybridized carbons (Fsp3) is 0.500. The summed E-state index contributed by atoms with van der Waals surface area (Å²) in [5, 5.41) is 15.9. The Morgan fingerprint density at radius 2 is 1.94 bits per heavy atom. The van der Waals surface area contributed by atoms with Gasteiger partial charge in [-0.2, -0.15) is 0 Å². The number of carbonyl (C=O) groups excluding carboxylic acids is 1. The molecular formula is C26H34N4O5S. The van der Waals surface area contributed by atoms with Crippen LogP contribution in [0.1, 0.15) is 59.0 Å². The van der Waals surface area contributed by atoms with Crippen molar-refractivity contribution in [1.82, 2.24) is 14.7 Å². The first kappa shape index (κ1) is 26.1. The number of benzene rings is 1. The molecule has 0 bridgehead atoms. The molecule has 2 heterocycles. The first-order chi connectivity index (χ1) is 16.8. The first-order valence-corrected chi connectivity index (χ1v) is 13.5. The van der Waals surface area contributed by atoms with E-state index in [4.69, 9.17) is 9.51 Å². The highest BCUT2D eigenvalue weighted by atomic mass is 32.2. The van der Waals surface area contributed by atoms with Gasteiger partial charge in [-0.15, -0.1) is 0 Å². The minimum Gasteiger partial charge on any atom is -0.395 e. The van der Waals surface area contributed by atoms with Crippen LogP contribution in [-0.2, 0) is 33.0 Å². The Hall–Kier alpha value is -2.98. The van der Waals surface area contributed by atoms with Crippen LogP contribution in [0.5, 0.6) is 0 Å². The number of nitrogens with zero attached hydrogens (tertiary/aromatic N) is 3. The zero-order valence-corrected chi connectivity index (χ0v) is 22.3. The molecule has 0 unspecified atom stereocenters. The van der Waals surface area contributed by atoms with Crippen LogP contribution in [-0.4, -0.2) is 45.5 Å². The van der Waals surface area contributed by atoms with Gasteiger partial charge in [0.05, 0.1) is 22.5 Å². The number of amides is 1. The summed E-state index contributed by atoms with van der Waals surface area (Å²) < 4.78 is 32.8. The third-order valence-electron chi connectivity index (χ3n) is 6.74. The number of aliphatic hydroxyl groups excluding tert-OH is 1. The Balaban J connectivity index is 1.63. The van der Waals surface area contributed by atoms with Crippen LogP contribution < -0.4 is 5.32 Å². The number of hydrogen-bond acceptors (Lipinski definition) is 7. The van der Waals surface area contributed by atoms with Crippen LogP contribution in [0.3, 0.4) is 0 Å². The van der Waals surface area contributed by atoms with Gasteiger partial charge in [-0.25, -0.2) is 13.4 Å². The molecule has 0 saturated heterocycles. The van der Waals surface area contributed by atoms with Gasteiger partial charge in [0.15, 0.2) is 15.7 Å². The van der Waals surface area contributed by atoms with E-state index in [0.717, 1.165) is 23.5 Å². The van der Waals surface area contributed by atoms with Crippen molar-refractivity contribution in [1.29, 1.82) is 0 Å². The second-order valence-corrected chi connectivity index (χ2v) is 13.5. The number of carbonyl (C=O) groups is 1. The van der Waals surface area contributed by atoms with Gasteiger partial charge in [-0.3, -0.25) is 4.79 Å². The van der Waals surface area contributed by atoms with Gasteiger partial charge in [0, 0.05) is 24.4 Å². The number of fused-ring (bicyclic) bond motifs is 1. The third kappa shape index (κ3) is 4.84. The SMILES string of the molecule is C=C(C)Cc1nc2cc(S(=O)(=O)C(C)(C)C(=O)Nc3cc(C(C)(C)CO)on3)ccc2n1CC1CC1. The highest BCUT2D eigenvalue weighted by Crippen LogP contribution is 2.34. The van der Waals surface area contributed by atoms with Crippen LogP contribution in [0.4, 0.5) is 5.82 Å². The number of nitrogens with one attached hydrogen (secondary N) is 1. The molecule has 10 heteroatoms. The molecule has 0 aliphatic heterocycles. The van der Waals surface area contributed by atoms with E-state index in [1.165, 1.54) is 32.8 Å². The third-order valence-corrected chi connectivity index (χ3v) is 9.14. The van der Waals surface area contributed by atoms with Crippen LogP contribution in [0.15, 0.2) is 45.8 Å². The fourth-order valence-corrected chi connectivity index (χ4v) is 5.31. The quantitative estimate of drug-likeness (QED) is 0.391. The molecular weight excluding hydrogens is 480 g/mol. The number of hydrogen-bond donors (Lipinski definition) is 2. The monoisotopic (exact) mass is 514 g/mol. The van der Waals surface area contributed by atoms with Crippen molar-refractivity contribution in [3.05, 3.63) is 48.0 Å². The van der Waals surface area contributed by atoms with Gasteiger partial charge in [0.1, 0.15) is 16.3 Å². The molecule has 9 nitrogen and oxygen atoms in total. The second kappa shape index (κ2) is 9.15. The zero-order chi connectivity index (χ0) is 26.5. The van der Waals surface area contributed by atoms with Crippen LogP contribution in [0, 0.1) is 5.92 Å². The summed E-state index contributed by atoms with van der Waals surface area (Å²) >= 11 is 0. The lowest BCUT2D eigenvalue weighted by Gasteiger charge is -2.23. The Morgan fingerprint density at radius 1 is 1.25 bits per heavy atom. The van der Waals surface area contributed by atoms with Gasteiger partial charge in [-0.1, -0.05) is 31.2 Å². The number of rotatable bonds is 10. The molecule has 3 aromatic rings. The Bertz CT molecular complexity index is 1430. The summed E-state index contributed by atoms with van der Waals surface area (Å²) in [4.78, 5) is 17.9. The number of anilines is 1. The van der Waals surface area contributed by atoms with Gasteiger partial charge >= 0.3 is 0 Å². The van der Waals surface area contributed by atoms with Gasteiger partial charge < -0.3 is 19.5 Å². The normalized spacial score (nSPS) is 14.8. The highest BCUT2D eigenvalue weighted by Gasteiger charge is 2.43. The largest absolute Gasteiger partial charge is 0.395 e. The van der Waals surface area contributed by atoms with Crippen molar-refractivity contribution < 1.29 is 22.8 Å². The van der Waals surface area contributed by atoms with Gasteiger partial charge in [-0.05, 0) is 57.7 Å². The Morgan fingerprint density at radius 3 is 2.56 bits per heavy atom. The average molecular weight is 515 g/mol. The highest BCUT2D eigenvalue weighted by molar-refractivity contribution is 7.93. The summed E-state index contributed by atoms with van der Waals surface area (Å²) in [5.74, 6) is 1.20. The molecule has 1 aliphatic rings. The lowest BCUT2D eigenvalue weighted by molar-refractivity contribution is -0.117. The standard InChI is InChI=1S/C26H34N4O5S/c1-16(2)11-23-27-19-12-18(9-10-20(19)30(23)14-17-7-8-17)36(33,34)26(5,6)24(32)28-22-13-21(35-29-22)25(3,4)15-31/h9-10,12-13,17,31H,1,7-8,11,14-15H2,2-6H3,(H,28,29,32). The summed E-state index contributed by atoms with van der Waals surface area (Å²) in [5.41, 5.74) is 1.74. The maximum absolute atomic E-state index is 13.6. The molecule has 2 N–H and O–H groups in total. The molecule has 0 spiro atoms. The number of sulfone groups is 1. The van der Waals surface area contributed by atoms with Gasteiger partial charge in [0.2, 0.25) is 5.91 Å². The predicted molar refractivity (Wildman–Crippen MR) is 137 cm³/mol. The molecule has 1 fully saturated rings. The minimum absolute atomic E-state index is 0.0235. The van der Waals surface area contributed by atoms with E-state index in [0.29, 0.717) is 23.6 Å². The summed E-state index contributed by atoms with van der Waals surface area (Å²) in [6.07, 6.45) is 2.99. The molecule has 0 atom stereocenters. The van der Waals surface area contributed by atoms with Crippen LogP contribution in [0.25, 0.3) is 11.0 Å². The first-order valence-electron chi connectivity index (χ1n) is 12.0. The molecule has 36 heavy (non-hydrogen) atoms. The Kier molecular flexibility index (Phi) is 6.63. The fourth-order valence-electron chi connectivity index (χ4n) is 3.91. The van der Waals surface area contributed by atoms with E-state index in [1.807, 2.05) is 6.92 Å². The zero-order valence-electron chi connectivity index (χ0n) is 21.5. The van der Waals surface area contributed by atoms with E-state index >= 15 is 0 Å². The maximum atomic E-state index is 13.6. The minimum atomic E-state index is -4.09. The van der Waals surface area contributed by atoms with Crippen molar-refractivity contribution >= 4 is 32.6 Å². The Labute approximate surface area is 211 Å². The predicted octanol–water partition coefficient (Wildman–Crippen LogP) is 4.01. The lowest BCUT2D eigenvalue weighted by atomic mass is 9.92. The molecule has 194 valence electrons. The number of allylic oxidation sites excluding steroid dienone is 1. The van der Waals surface area contributed by atoms with Crippen molar-refractivity contribution in [2.75, 3.05) is 11.9 Å². The van der Waals surface area contributed by atoms with Crippen molar-refractivity contribution in [2.45, 2.75) is 75.5 Å². The molecule has 2 aromatic heterocycles. The van der Waals surface area contributed by atoms with Crippen molar-refractivity contribution in [3.63, 3.8) is 0 Å². The van der Waals surface area contributed by atoms with E-state index in [2.05, 4.69) is 21.6 Å². The number of imidazole rings is 1. The van der Waals surface area contributed by atoms with Crippen LogP contribution >= 0.6 is 0 Å². The summed E-state index contributed by atoms with van der Waals surface area (Å²) in [7, 11) is -4.09. The lowest BCUT2D eigenvalue weighted by Crippen LogP contribution is -2.44. The number of aromatic nitrogens is 3. The van der Waals surface area contributed by atoms with Crippen molar-refractivity contribution in [2.24, 2.45) is 5.92 Å². The molecule has 1 aromatic carbocycles. The topological polar surface area (TPSA) is 127 Å². The molecule has 1 aliphatic carbocycles. The number of aliphatic hydroxyl groups is 1. The summed E-state index contributed by atoms with van der Waals surface area (Å²) in [6, 6.07) is 6.34. The van der Waals surface area contributed by atoms with E-state index in [1.54, 1.807) is 32.0 Å². The van der Waals surface area contributed by atoms with E-state index in [-0.39, 0.29) is 17.3 Å². The van der Waals surface area contributed by atoms with Gasteiger partial charge in [0.25, 0.3) is 0 Å². The summed E-state index contributed by atoms with van der Waals surface area (Å²) in [6.45, 7) is 12.9.